The van der Waals surface area contributed by atoms with Gasteiger partial charge >= 0.3 is 0 Å². The quantitative estimate of drug-likeness (QED) is 0.773. The maximum Gasteiger partial charge on any atom is 0.243 e. The highest BCUT2D eigenvalue weighted by atomic mass is 16.5. The Hall–Kier alpha value is -2.25. The smallest absolute Gasteiger partial charge is 0.243 e. The van der Waals surface area contributed by atoms with Crippen LogP contribution in [-0.2, 0) is 16.0 Å². The minimum Gasteiger partial charge on any atom is -0.379 e. The Morgan fingerprint density at radius 2 is 1.96 bits per heavy atom. The first-order valence-electron chi connectivity index (χ1n) is 10.4. The summed E-state index contributed by atoms with van der Waals surface area (Å²) in [6, 6.07) is 9.80. The maximum absolute atomic E-state index is 13.0. The zero-order valence-corrected chi connectivity index (χ0v) is 16.3. The van der Waals surface area contributed by atoms with Crippen molar-refractivity contribution in [1.82, 2.24) is 25.0 Å². The molecule has 4 rings (SSSR count). The van der Waals surface area contributed by atoms with Gasteiger partial charge in [-0.15, -0.1) is 10.2 Å². The molecule has 1 N–H and O–H groups in total. The fourth-order valence-corrected chi connectivity index (χ4v) is 4.06. The van der Waals surface area contributed by atoms with Crippen molar-refractivity contribution in [3.8, 4) is 11.4 Å². The van der Waals surface area contributed by atoms with E-state index >= 15 is 0 Å². The van der Waals surface area contributed by atoms with E-state index in [4.69, 9.17) is 4.74 Å². The fourth-order valence-electron chi connectivity index (χ4n) is 4.06. The Morgan fingerprint density at radius 1 is 1.14 bits per heavy atom. The topological polar surface area (TPSA) is 72.3 Å². The second-order valence-corrected chi connectivity index (χ2v) is 7.54. The summed E-state index contributed by atoms with van der Waals surface area (Å²) in [6.07, 6.45) is 4.75. The molecule has 0 saturated carbocycles. The average Bonchev–Trinajstić information content (AvgIpc) is 3.04. The molecule has 7 heteroatoms. The number of carbonyl (C=O) groups excluding carboxylic acids is 1. The lowest BCUT2D eigenvalue weighted by Gasteiger charge is -2.26. The summed E-state index contributed by atoms with van der Waals surface area (Å²) in [6.45, 7) is 5.30. The van der Waals surface area contributed by atoms with Crippen LogP contribution in [0.5, 0.6) is 0 Å². The van der Waals surface area contributed by atoms with Gasteiger partial charge in [-0.2, -0.15) is 0 Å². The number of nitrogens with zero attached hydrogens (tertiary/aromatic N) is 4. The van der Waals surface area contributed by atoms with E-state index in [0.717, 1.165) is 82.2 Å². The van der Waals surface area contributed by atoms with E-state index in [1.54, 1.807) is 0 Å². The molecule has 1 atom stereocenters. The molecule has 0 bridgehead atoms. The Balaban J connectivity index is 1.41. The number of ether oxygens (including phenoxy) is 1. The van der Waals surface area contributed by atoms with Crippen molar-refractivity contribution < 1.29 is 9.53 Å². The molecule has 1 saturated heterocycles. The number of aromatic nitrogens is 3. The molecule has 0 spiro atoms. The lowest BCUT2D eigenvalue weighted by atomic mass is 10.1. The van der Waals surface area contributed by atoms with Crippen molar-refractivity contribution in [1.29, 1.82) is 0 Å². The third kappa shape index (κ3) is 4.42. The third-order valence-electron chi connectivity index (χ3n) is 5.59. The van der Waals surface area contributed by atoms with Gasteiger partial charge in [-0.1, -0.05) is 36.8 Å². The summed E-state index contributed by atoms with van der Waals surface area (Å²) in [4.78, 5) is 15.4. The molecule has 0 radical (unpaired) electrons. The molecule has 0 aliphatic carbocycles. The number of amides is 1. The van der Waals surface area contributed by atoms with Crippen molar-refractivity contribution in [2.45, 2.75) is 38.1 Å². The molecule has 3 heterocycles. The van der Waals surface area contributed by atoms with Crippen LogP contribution in [0, 0.1) is 0 Å². The van der Waals surface area contributed by atoms with E-state index in [9.17, 15) is 4.79 Å². The number of aryl methyl sites for hydroxylation is 1. The molecule has 150 valence electrons. The molecular weight excluding hydrogens is 354 g/mol. The number of nitrogens with one attached hydrogen (secondary N) is 1. The number of benzene rings is 1. The number of carbonyl (C=O) groups is 1. The predicted octanol–water partition coefficient (Wildman–Crippen LogP) is 2.05. The van der Waals surface area contributed by atoms with Gasteiger partial charge in [0.25, 0.3) is 0 Å². The second kappa shape index (κ2) is 9.30. The third-order valence-corrected chi connectivity index (χ3v) is 5.59. The van der Waals surface area contributed by atoms with Gasteiger partial charge in [-0.25, -0.2) is 0 Å². The normalized spacial score (nSPS) is 20.4. The highest BCUT2D eigenvalue weighted by Crippen LogP contribution is 2.29. The van der Waals surface area contributed by atoms with Crippen LogP contribution in [0.4, 0.5) is 0 Å². The van der Waals surface area contributed by atoms with Crippen LogP contribution in [0.1, 0.15) is 37.5 Å². The van der Waals surface area contributed by atoms with Crippen molar-refractivity contribution in [2.75, 3.05) is 39.4 Å². The minimum atomic E-state index is -0.230. The van der Waals surface area contributed by atoms with E-state index in [1.807, 2.05) is 30.3 Å². The van der Waals surface area contributed by atoms with E-state index in [2.05, 4.69) is 25.0 Å². The second-order valence-electron chi connectivity index (χ2n) is 7.54. The van der Waals surface area contributed by atoms with Crippen LogP contribution in [-0.4, -0.2) is 65.0 Å². The van der Waals surface area contributed by atoms with E-state index in [0.29, 0.717) is 6.54 Å². The van der Waals surface area contributed by atoms with E-state index in [1.165, 1.54) is 0 Å². The molecule has 1 fully saturated rings. The molecule has 7 nitrogen and oxygen atoms in total. The zero-order valence-electron chi connectivity index (χ0n) is 16.3. The van der Waals surface area contributed by atoms with Crippen LogP contribution >= 0.6 is 0 Å². The predicted molar refractivity (Wildman–Crippen MR) is 107 cm³/mol. The van der Waals surface area contributed by atoms with E-state index in [-0.39, 0.29) is 11.9 Å². The Morgan fingerprint density at radius 3 is 2.79 bits per heavy atom. The maximum atomic E-state index is 13.0. The first-order chi connectivity index (χ1) is 13.8. The summed E-state index contributed by atoms with van der Waals surface area (Å²) in [5.74, 6) is 1.80. The molecular formula is C21H29N5O2. The van der Waals surface area contributed by atoms with Crippen LogP contribution in [0.2, 0.25) is 0 Å². The molecule has 28 heavy (non-hydrogen) atoms. The van der Waals surface area contributed by atoms with Crippen molar-refractivity contribution in [3.05, 3.63) is 36.2 Å². The fraction of sp³-hybridized carbons (Fsp3) is 0.571. The van der Waals surface area contributed by atoms with Gasteiger partial charge in [0.1, 0.15) is 11.9 Å². The first kappa shape index (κ1) is 19.1. The number of hydrogen-bond donors (Lipinski definition) is 1. The van der Waals surface area contributed by atoms with Gasteiger partial charge in [-0.05, 0) is 25.8 Å². The molecule has 1 aromatic heterocycles. The molecule has 1 amide bonds. The largest absolute Gasteiger partial charge is 0.379 e. The number of morpholine rings is 1. The monoisotopic (exact) mass is 383 g/mol. The standard InChI is InChI=1S/C21H29N5O2/c27-21(22-11-6-12-25-13-15-28-16-14-25)18-9-4-5-10-19-23-24-20(26(18)19)17-7-2-1-3-8-17/h1-3,7-8,18H,4-6,9-16H2,(H,22,27). The van der Waals surface area contributed by atoms with Gasteiger partial charge in [0.2, 0.25) is 5.91 Å². The molecule has 2 aliphatic rings. The first-order valence-corrected chi connectivity index (χ1v) is 10.4. The summed E-state index contributed by atoms with van der Waals surface area (Å²) in [5.41, 5.74) is 1.01. The Kier molecular flexibility index (Phi) is 6.34. The Bertz CT molecular complexity index is 770. The van der Waals surface area contributed by atoms with Gasteiger partial charge in [0.15, 0.2) is 5.82 Å². The van der Waals surface area contributed by atoms with Gasteiger partial charge in [0, 0.05) is 31.6 Å². The Labute approximate surface area is 166 Å². The van der Waals surface area contributed by atoms with Crippen LogP contribution < -0.4 is 5.32 Å². The van der Waals surface area contributed by atoms with Crippen LogP contribution in [0.3, 0.4) is 0 Å². The summed E-state index contributed by atoms with van der Waals surface area (Å²) in [7, 11) is 0. The van der Waals surface area contributed by atoms with Gasteiger partial charge in [0.05, 0.1) is 13.2 Å². The molecule has 1 aromatic carbocycles. The van der Waals surface area contributed by atoms with Gasteiger partial charge < -0.3 is 10.1 Å². The highest BCUT2D eigenvalue weighted by molar-refractivity contribution is 5.81. The summed E-state index contributed by atoms with van der Waals surface area (Å²) < 4.78 is 7.45. The highest BCUT2D eigenvalue weighted by Gasteiger charge is 2.28. The van der Waals surface area contributed by atoms with Crippen molar-refractivity contribution in [2.24, 2.45) is 0 Å². The molecule has 1 unspecified atom stereocenters. The molecule has 2 aromatic rings. The van der Waals surface area contributed by atoms with E-state index < -0.39 is 0 Å². The summed E-state index contributed by atoms with van der Waals surface area (Å²) >= 11 is 0. The van der Waals surface area contributed by atoms with Crippen LogP contribution in [0.15, 0.2) is 30.3 Å². The van der Waals surface area contributed by atoms with Gasteiger partial charge in [-0.3, -0.25) is 14.3 Å². The lowest BCUT2D eigenvalue weighted by Crippen LogP contribution is -2.39. The minimum absolute atomic E-state index is 0.0853. The lowest BCUT2D eigenvalue weighted by molar-refractivity contribution is -0.124. The summed E-state index contributed by atoms with van der Waals surface area (Å²) in [5, 5.41) is 12.0. The zero-order chi connectivity index (χ0) is 19.2. The van der Waals surface area contributed by atoms with Crippen molar-refractivity contribution >= 4 is 5.91 Å². The SMILES string of the molecule is O=C(NCCCN1CCOCC1)C1CCCCc2nnc(-c3ccccc3)n21. The number of rotatable bonds is 6. The van der Waals surface area contributed by atoms with Crippen molar-refractivity contribution in [3.63, 3.8) is 0 Å². The number of fused-ring (bicyclic) bond motifs is 1. The van der Waals surface area contributed by atoms with Crippen LogP contribution in [0.25, 0.3) is 11.4 Å². The average molecular weight is 383 g/mol. The number of hydrogen-bond acceptors (Lipinski definition) is 5. The molecule has 2 aliphatic heterocycles.